The largest absolute Gasteiger partial charge is 0.496 e. The molecule has 0 N–H and O–H groups in total. The van der Waals surface area contributed by atoms with E-state index in [9.17, 15) is 4.79 Å². The number of hydrogen-bond acceptors (Lipinski definition) is 2. The molecule has 0 atom stereocenters. The molecule has 2 heteroatoms. The van der Waals surface area contributed by atoms with Crippen LogP contribution in [0.25, 0.3) is 0 Å². The number of ether oxygens (including phenoxy) is 1. The highest BCUT2D eigenvalue weighted by molar-refractivity contribution is 5.78. The van der Waals surface area contributed by atoms with Gasteiger partial charge in [-0.1, -0.05) is 32.9 Å². The fourth-order valence-electron chi connectivity index (χ4n) is 1.48. The van der Waals surface area contributed by atoms with E-state index in [2.05, 4.69) is 6.92 Å². The van der Waals surface area contributed by atoms with Crippen LogP contribution in [0.3, 0.4) is 0 Å². The molecule has 0 fully saturated rings. The minimum absolute atomic E-state index is 0.177. The number of methoxy groups -OCH3 is 1. The molecule has 0 aliphatic rings. The predicted octanol–water partition coefficient (Wildman–Crippen LogP) is 3.42. The highest BCUT2D eigenvalue weighted by atomic mass is 16.5. The summed E-state index contributed by atoms with van der Waals surface area (Å²) in [4.78, 5) is 10.9. The van der Waals surface area contributed by atoms with Gasteiger partial charge in [-0.05, 0) is 30.5 Å². The average molecular weight is 222 g/mol. The third-order valence-electron chi connectivity index (χ3n) is 2.19. The van der Waals surface area contributed by atoms with Gasteiger partial charge < -0.3 is 4.74 Å². The zero-order valence-electron chi connectivity index (χ0n) is 11.0. The topological polar surface area (TPSA) is 26.3 Å². The summed E-state index contributed by atoms with van der Waals surface area (Å²) in [7, 11) is 1.66. The molecule has 0 bridgehead atoms. The van der Waals surface area contributed by atoms with Gasteiger partial charge in [-0.15, -0.1) is 0 Å². The predicted molar refractivity (Wildman–Crippen MR) is 68.1 cm³/mol. The molecule has 0 amide bonds. The third-order valence-corrected chi connectivity index (χ3v) is 2.19. The maximum atomic E-state index is 10.9. The maximum absolute atomic E-state index is 10.9. The van der Waals surface area contributed by atoms with Gasteiger partial charge in [-0.25, -0.2) is 0 Å². The molecule has 0 aliphatic carbocycles. The molecule has 0 aromatic heterocycles. The van der Waals surface area contributed by atoms with E-state index in [0.29, 0.717) is 6.42 Å². The van der Waals surface area contributed by atoms with Gasteiger partial charge in [0.2, 0.25) is 0 Å². The van der Waals surface area contributed by atoms with Crippen molar-refractivity contribution >= 4 is 5.78 Å². The first-order valence-corrected chi connectivity index (χ1v) is 5.82. The van der Waals surface area contributed by atoms with Crippen molar-refractivity contribution in [2.75, 3.05) is 7.11 Å². The molecule has 0 unspecified atom stereocenters. The number of Topliss-reactive ketones (excluding diaryl/α,β-unsaturated/α-hetero) is 1. The third kappa shape index (κ3) is 4.47. The van der Waals surface area contributed by atoms with Crippen LogP contribution >= 0.6 is 0 Å². The smallest absolute Gasteiger partial charge is 0.134 e. The van der Waals surface area contributed by atoms with Crippen molar-refractivity contribution in [1.82, 2.24) is 0 Å². The van der Waals surface area contributed by atoms with Crippen molar-refractivity contribution in [3.05, 3.63) is 29.3 Å². The fourth-order valence-corrected chi connectivity index (χ4v) is 1.48. The number of rotatable bonds is 4. The van der Waals surface area contributed by atoms with Crippen molar-refractivity contribution in [2.45, 2.75) is 40.5 Å². The van der Waals surface area contributed by atoms with Gasteiger partial charge in [0.25, 0.3) is 0 Å². The van der Waals surface area contributed by atoms with Crippen molar-refractivity contribution in [2.24, 2.45) is 0 Å². The molecule has 1 aromatic carbocycles. The Morgan fingerprint density at radius 1 is 1.31 bits per heavy atom. The minimum Gasteiger partial charge on any atom is -0.496 e. The number of carbonyl (C=O) groups excluding carboxylic acids is 1. The zero-order chi connectivity index (χ0) is 12.6. The summed E-state index contributed by atoms with van der Waals surface area (Å²) in [5, 5.41) is 0. The Morgan fingerprint density at radius 2 is 1.94 bits per heavy atom. The molecule has 0 saturated heterocycles. The van der Waals surface area contributed by atoms with Crippen LogP contribution in [0.15, 0.2) is 18.2 Å². The molecule has 0 aliphatic heterocycles. The minimum atomic E-state index is 0.177. The lowest BCUT2D eigenvalue weighted by molar-refractivity contribution is -0.116. The Labute approximate surface area is 98.6 Å². The number of benzene rings is 1. The van der Waals surface area contributed by atoms with Crippen LogP contribution in [-0.2, 0) is 17.6 Å². The van der Waals surface area contributed by atoms with E-state index >= 15 is 0 Å². The van der Waals surface area contributed by atoms with Crippen LogP contribution in [0.5, 0.6) is 5.75 Å². The van der Waals surface area contributed by atoms with Gasteiger partial charge in [-0.2, -0.15) is 0 Å². The van der Waals surface area contributed by atoms with Crippen LogP contribution < -0.4 is 4.74 Å². The van der Waals surface area contributed by atoms with Crippen molar-refractivity contribution < 1.29 is 9.53 Å². The molecule has 0 radical (unpaired) electrons. The summed E-state index contributed by atoms with van der Waals surface area (Å²) < 4.78 is 5.25. The Bertz CT molecular complexity index is 330. The number of aryl methyl sites for hydroxylation is 1. The molecular weight excluding hydrogens is 200 g/mol. The standard InChI is InChI=1S/C12H16O2.C2H6/c1-4-11-6-5-10(7-9(2)13)8-12(11)14-3;1-2/h5-6,8H,4,7H2,1-3H3;1-2H3. The van der Waals surface area contributed by atoms with Crippen molar-refractivity contribution in [3.8, 4) is 5.75 Å². The Hall–Kier alpha value is -1.31. The molecule has 0 saturated carbocycles. The van der Waals surface area contributed by atoms with Gasteiger partial charge in [0, 0.05) is 6.42 Å². The lowest BCUT2D eigenvalue weighted by Gasteiger charge is -2.08. The van der Waals surface area contributed by atoms with Gasteiger partial charge >= 0.3 is 0 Å². The summed E-state index contributed by atoms with van der Waals surface area (Å²) in [5.74, 6) is 1.06. The summed E-state index contributed by atoms with van der Waals surface area (Å²) >= 11 is 0. The SMILES string of the molecule is CC.CCc1ccc(CC(C)=O)cc1OC. The average Bonchev–Trinajstić information content (AvgIpc) is 2.30. The van der Waals surface area contributed by atoms with Crippen LogP contribution in [0.1, 0.15) is 38.8 Å². The molecule has 1 rings (SSSR count). The molecular formula is C14H22O2. The molecule has 16 heavy (non-hydrogen) atoms. The Morgan fingerprint density at radius 3 is 2.38 bits per heavy atom. The molecule has 2 nitrogen and oxygen atoms in total. The van der Waals surface area contributed by atoms with E-state index in [1.165, 1.54) is 5.56 Å². The van der Waals surface area contributed by atoms with Gasteiger partial charge in [0.1, 0.15) is 11.5 Å². The second-order valence-corrected chi connectivity index (χ2v) is 3.38. The van der Waals surface area contributed by atoms with Crippen molar-refractivity contribution in [3.63, 3.8) is 0 Å². The lowest BCUT2D eigenvalue weighted by Crippen LogP contribution is -1.98. The summed E-state index contributed by atoms with van der Waals surface area (Å²) in [6.07, 6.45) is 1.43. The first kappa shape index (κ1) is 14.7. The normalized spacial score (nSPS) is 9.06. The quantitative estimate of drug-likeness (QED) is 0.780. The monoisotopic (exact) mass is 222 g/mol. The molecule has 1 aromatic rings. The van der Waals surface area contributed by atoms with Gasteiger partial charge in [0.05, 0.1) is 7.11 Å². The second kappa shape index (κ2) is 7.91. The Kier molecular flexibility index (Phi) is 7.27. The summed E-state index contributed by atoms with van der Waals surface area (Å²) in [5.41, 5.74) is 2.20. The molecule has 0 spiro atoms. The van der Waals surface area contributed by atoms with E-state index in [4.69, 9.17) is 4.74 Å². The number of ketones is 1. The van der Waals surface area contributed by atoms with Gasteiger partial charge in [0.15, 0.2) is 0 Å². The van der Waals surface area contributed by atoms with E-state index in [1.807, 2.05) is 32.0 Å². The second-order valence-electron chi connectivity index (χ2n) is 3.38. The Balaban J connectivity index is 0.00000106. The molecule has 0 heterocycles. The first-order valence-electron chi connectivity index (χ1n) is 5.82. The van der Waals surface area contributed by atoms with Crippen LogP contribution in [-0.4, -0.2) is 12.9 Å². The highest BCUT2D eigenvalue weighted by Gasteiger charge is 2.03. The van der Waals surface area contributed by atoms with Crippen LogP contribution in [0, 0.1) is 0 Å². The van der Waals surface area contributed by atoms with Crippen LogP contribution in [0.2, 0.25) is 0 Å². The zero-order valence-corrected chi connectivity index (χ0v) is 11.0. The van der Waals surface area contributed by atoms with E-state index in [0.717, 1.165) is 17.7 Å². The van der Waals surface area contributed by atoms with E-state index in [1.54, 1.807) is 14.0 Å². The lowest BCUT2D eigenvalue weighted by atomic mass is 10.0. The summed E-state index contributed by atoms with van der Waals surface area (Å²) in [6, 6.07) is 5.96. The fraction of sp³-hybridized carbons (Fsp3) is 0.500. The van der Waals surface area contributed by atoms with E-state index < -0.39 is 0 Å². The highest BCUT2D eigenvalue weighted by Crippen LogP contribution is 2.20. The number of hydrogen-bond donors (Lipinski definition) is 0. The van der Waals surface area contributed by atoms with Crippen LogP contribution in [0.4, 0.5) is 0 Å². The summed E-state index contributed by atoms with van der Waals surface area (Å²) in [6.45, 7) is 7.68. The molecule has 90 valence electrons. The number of carbonyl (C=O) groups is 1. The van der Waals surface area contributed by atoms with Crippen molar-refractivity contribution in [1.29, 1.82) is 0 Å². The first-order chi connectivity index (χ1) is 7.67. The van der Waals surface area contributed by atoms with E-state index in [-0.39, 0.29) is 5.78 Å². The maximum Gasteiger partial charge on any atom is 0.134 e. The van der Waals surface area contributed by atoms with Gasteiger partial charge in [-0.3, -0.25) is 4.79 Å².